The molecule has 1 aliphatic heterocycles. The number of carbonyl (C=O) groups excluding carboxylic acids is 3. The summed E-state index contributed by atoms with van der Waals surface area (Å²) in [5.74, 6) is -0.367. The third-order valence-corrected chi connectivity index (χ3v) is 8.36. The van der Waals surface area contributed by atoms with Crippen LogP contribution in [0.15, 0.2) is 78.9 Å². The van der Waals surface area contributed by atoms with Crippen LogP contribution in [0.1, 0.15) is 66.3 Å². The van der Waals surface area contributed by atoms with Gasteiger partial charge in [0.25, 0.3) is 11.8 Å². The maximum absolute atomic E-state index is 14.3. The first kappa shape index (κ1) is 34.7. The Labute approximate surface area is 272 Å². The van der Waals surface area contributed by atoms with Gasteiger partial charge in [-0.2, -0.15) is 0 Å². The molecule has 0 aromatic heterocycles. The van der Waals surface area contributed by atoms with Crippen molar-refractivity contribution in [2.24, 2.45) is 5.92 Å². The van der Waals surface area contributed by atoms with E-state index in [1.807, 2.05) is 62.4 Å². The number of nitrogens with zero attached hydrogens (tertiary/aromatic N) is 2. The predicted octanol–water partition coefficient (Wildman–Crippen LogP) is 5.44. The summed E-state index contributed by atoms with van der Waals surface area (Å²) in [6.07, 6.45) is 2.14. The van der Waals surface area contributed by atoms with Gasteiger partial charge in [0, 0.05) is 43.9 Å². The van der Waals surface area contributed by atoms with Crippen molar-refractivity contribution in [3.05, 3.63) is 95.6 Å². The Morgan fingerprint density at radius 3 is 2.41 bits per heavy atom. The molecule has 0 fully saturated rings. The van der Waals surface area contributed by atoms with Crippen molar-refractivity contribution in [2.45, 2.75) is 64.7 Å². The van der Waals surface area contributed by atoms with Crippen LogP contribution in [-0.2, 0) is 16.0 Å². The molecule has 9 nitrogen and oxygen atoms in total. The Bertz CT molecular complexity index is 1430. The van der Waals surface area contributed by atoms with Gasteiger partial charge in [0.15, 0.2) is 0 Å². The molecule has 0 aliphatic carbocycles. The molecule has 46 heavy (non-hydrogen) atoms. The Morgan fingerprint density at radius 2 is 1.72 bits per heavy atom. The van der Waals surface area contributed by atoms with E-state index in [0.29, 0.717) is 35.7 Å². The van der Waals surface area contributed by atoms with Crippen LogP contribution in [0.2, 0.25) is 0 Å². The second kappa shape index (κ2) is 16.9. The SMILES string of the molecule is C[C@@H]1CCCCO[C@@H](CN(C)C(=O)c2ccccc2)[C@@H](C)CN([C@@H](C)CO)C(=O)c2cc(NC(=O)Cc3ccccc3)ccc2O1. The van der Waals surface area contributed by atoms with Crippen LogP contribution in [0, 0.1) is 5.92 Å². The van der Waals surface area contributed by atoms with Gasteiger partial charge >= 0.3 is 0 Å². The molecule has 0 spiro atoms. The van der Waals surface area contributed by atoms with Crippen LogP contribution in [0.4, 0.5) is 5.69 Å². The van der Waals surface area contributed by atoms with Crippen molar-refractivity contribution in [2.75, 3.05) is 38.7 Å². The van der Waals surface area contributed by atoms with E-state index < -0.39 is 6.04 Å². The number of aliphatic hydroxyl groups excluding tert-OH is 1. The van der Waals surface area contributed by atoms with E-state index in [4.69, 9.17) is 9.47 Å². The van der Waals surface area contributed by atoms with Gasteiger partial charge in [0.2, 0.25) is 5.91 Å². The number of hydrogen-bond donors (Lipinski definition) is 2. The Morgan fingerprint density at radius 1 is 1.02 bits per heavy atom. The summed E-state index contributed by atoms with van der Waals surface area (Å²) in [6, 6.07) is 23.2. The molecule has 2 N–H and O–H groups in total. The van der Waals surface area contributed by atoms with E-state index in [0.717, 1.165) is 24.8 Å². The molecule has 0 bridgehead atoms. The number of likely N-dealkylation sites (N-methyl/N-ethyl adjacent to an activating group) is 1. The fourth-order valence-electron chi connectivity index (χ4n) is 5.60. The number of nitrogens with one attached hydrogen (secondary N) is 1. The van der Waals surface area contributed by atoms with Crippen molar-refractivity contribution < 1.29 is 29.0 Å². The van der Waals surface area contributed by atoms with Gasteiger partial charge in [-0.15, -0.1) is 0 Å². The molecule has 0 saturated heterocycles. The summed E-state index contributed by atoms with van der Waals surface area (Å²) >= 11 is 0. The molecule has 0 unspecified atom stereocenters. The van der Waals surface area contributed by atoms with Crippen LogP contribution >= 0.6 is 0 Å². The number of fused-ring (bicyclic) bond motifs is 1. The quantitative estimate of drug-likeness (QED) is 0.344. The van der Waals surface area contributed by atoms with Crippen LogP contribution in [-0.4, -0.2) is 84.2 Å². The molecule has 3 aromatic carbocycles. The number of anilines is 1. The minimum Gasteiger partial charge on any atom is -0.490 e. The zero-order valence-corrected chi connectivity index (χ0v) is 27.4. The van der Waals surface area contributed by atoms with E-state index in [1.54, 1.807) is 54.1 Å². The first-order valence-electron chi connectivity index (χ1n) is 16.1. The van der Waals surface area contributed by atoms with Crippen molar-refractivity contribution in [1.29, 1.82) is 0 Å². The lowest BCUT2D eigenvalue weighted by Gasteiger charge is -2.36. The zero-order valence-electron chi connectivity index (χ0n) is 27.4. The third kappa shape index (κ3) is 9.64. The number of benzene rings is 3. The van der Waals surface area contributed by atoms with Crippen LogP contribution < -0.4 is 10.1 Å². The van der Waals surface area contributed by atoms with Gasteiger partial charge in [0.1, 0.15) is 5.75 Å². The minimum atomic E-state index is -0.506. The summed E-state index contributed by atoms with van der Waals surface area (Å²) in [6.45, 7) is 6.67. The summed E-state index contributed by atoms with van der Waals surface area (Å²) < 4.78 is 12.7. The molecule has 0 radical (unpaired) electrons. The normalized spacial score (nSPS) is 20.1. The average molecular weight is 630 g/mol. The first-order chi connectivity index (χ1) is 22.2. The van der Waals surface area contributed by atoms with Gasteiger partial charge in [-0.1, -0.05) is 55.5 Å². The highest BCUT2D eigenvalue weighted by Crippen LogP contribution is 2.28. The molecule has 246 valence electrons. The van der Waals surface area contributed by atoms with Crippen LogP contribution in [0.25, 0.3) is 0 Å². The molecular formula is C37H47N3O6. The lowest BCUT2D eigenvalue weighted by molar-refractivity contribution is -0.115. The van der Waals surface area contributed by atoms with Gasteiger partial charge < -0.3 is 29.7 Å². The summed E-state index contributed by atoms with van der Waals surface area (Å²) in [5.41, 5.74) is 2.28. The van der Waals surface area contributed by atoms with Crippen LogP contribution in [0.3, 0.4) is 0 Å². The lowest BCUT2D eigenvalue weighted by atomic mass is 10.0. The number of carbonyl (C=O) groups is 3. The van der Waals surface area contributed by atoms with E-state index >= 15 is 0 Å². The molecule has 0 saturated carbocycles. The molecule has 9 heteroatoms. The number of aliphatic hydroxyl groups is 1. The molecule has 4 rings (SSSR count). The third-order valence-electron chi connectivity index (χ3n) is 8.36. The summed E-state index contributed by atoms with van der Waals surface area (Å²) in [7, 11) is 1.76. The molecule has 4 atom stereocenters. The second-order valence-electron chi connectivity index (χ2n) is 12.3. The van der Waals surface area contributed by atoms with Crippen molar-refractivity contribution in [3.63, 3.8) is 0 Å². The Hall–Kier alpha value is -4.21. The molecule has 1 aliphatic rings. The van der Waals surface area contributed by atoms with E-state index in [9.17, 15) is 19.5 Å². The Kier molecular flexibility index (Phi) is 12.7. The maximum atomic E-state index is 14.3. The number of amides is 3. The fourth-order valence-corrected chi connectivity index (χ4v) is 5.60. The minimum absolute atomic E-state index is 0.103. The number of ether oxygens (including phenoxy) is 2. The van der Waals surface area contributed by atoms with E-state index in [2.05, 4.69) is 5.32 Å². The molecule has 3 amide bonds. The highest BCUT2D eigenvalue weighted by Gasteiger charge is 2.31. The first-order valence-corrected chi connectivity index (χ1v) is 16.1. The predicted molar refractivity (Wildman–Crippen MR) is 179 cm³/mol. The second-order valence-corrected chi connectivity index (χ2v) is 12.3. The molecule has 3 aromatic rings. The standard InChI is InChI=1S/C37H47N3O6/c1-26-23-40(27(2)25-41)37(44)32-22-31(38-35(42)21-29-14-7-5-8-15-29)18-19-33(32)46-28(3)13-11-12-20-45-34(26)24-39(4)36(43)30-16-9-6-10-17-30/h5-10,14-19,22,26-28,34,41H,11-13,20-21,23-25H2,1-4H3,(H,38,42)/t26-,27-,28+,34-/m0/s1. The largest absolute Gasteiger partial charge is 0.490 e. The summed E-state index contributed by atoms with van der Waals surface area (Å²) in [5, 5.41) is 13.1. The number of rotatable bonds is 8. The smallest absolute Gasteiger partial charge is 0.258 e. The van der Waals surface area contributed by atoms with Crippen molar-refractivity contribution in [1.82, 2.24) is 9.80 Å². The van der Waals surface area contributed by atoms with Crippen molar-refractivity contribution >= 4 is 23.4 Å². The van der Waals surface area contributed by atoms with Gasteiger partial charge in [-0.25, -0.2) is 0 Å². The summed E-state index contributed by atoms with van der Waals surface area (Å²) in [4.78, 5) is 43.7. The number of hydrogen-bond acceptors (Lipinski definition) is 6. The van der Waals surface area contributed by atoms with Crippen molar-refractivity contribution in [3.8, 4) is 5.75 Å². The zero-order chi connectivity index (χ0) is 33.1. The van der Waals surface area contributed by atoms with Gasteiger partial charge in [0.05, 0.1) is 36.8 Å². The monoisotopic (exact) mass is 629 g/mol. The molecular weight excluding hydrogens is 582 g/mol. The highest BCUT2D eigenvalue weighted by atomic mass is 16.5. The topological polar surface area (TPSA) is 108 Å². The van der Waals surface area contributed by atoms with E-state index in [1.165, 1.54) is 0 Å². The van der Waals surface area contributed by atoms with Gasteiger partial charge in [-0.05, 0) is 69.0 Å². The van der Waals surface area contributed by atoms with Crippen LogP contribution in [0.5, 0.6) is 5.75 Å². The van der Waals surface area contributed by atoms with E-state index in [-0.39, 0.29) is 55.4 Å². The highest BCUT2D eigenvalue weighted by molar-refractivity contribution is 6.00. The van der Waals surface area contributed by atoms with Gasteiger partial charge in [-0.3, -0.25) is 14.4 Å². The molecule has 1 heterocycles. The lowest BCUT2D eigenvalue weighted by Crippen LogP contribution is -2.48. The fraction of sp³-hybridized carbons (Fsp3) is 0.432. The maximum Gasteiger partial charge on any atom is 0.258 e. The Balaban J connectivity index is 1.60. The average Bonchev–Trinajstić information content (AvgIpc) is 3.06.